The number of benzene rings is 1. The maximum absolute atomic E-state index is 13.5. The van der Waals surface area contributed by atoms with Gasteiger partial charge in [-0.25, -0.2) is 8.42 Å². The van der Waals surface area contributed by atoms with Crippen LogP contribution < -0.4 is 0 Å². The van der Waals surface area contributed by atoms with E-state index in [0.717, 1.165) is 42.5 Å². The van der Waals surface area contributed by atoms with Gasteiger partial charge in [-0.15, -0.1) is 11.3 Å². The number of carbonyl (C=O) groups excluding carboxylic acids is 1. The maximum atomic E-state index is 13.5. The van der Waals surface area contributed by atoms with E-state index in [4.69, 9.17) is 4.74 Å². The molecule has 35 heavy (non-hydrogen) atoms. The van der Waals surface area contributed by atoms with E-state index in [0.29, 0.717) is 26.1 Å². The lowest BCUT2D eigenvalue weighted by Gasteiger charge is -2.28. The van der Waals surface area contributed by atoms with E-state index in [1.807, 2.05) is 47.8 Å². The Kier molecular flexibility index (Phi) is 11.7. The first kappa shape index (κ1) is 27.8. The lowest BCUT2D eigenvalue weighted by Crippen LogP contribution is -2.46. The molecule has 1 aromatic heterocycles. The van der Waals surface area contributed by atoms with Crippen molar-refractivity contribution in [2.75, 3.05) is 25.4 Å². The molecule has 1 atom stereocenters. The summed E-state index contributed by atoms with van der Waals surface area (Å²) in [4.78, 5) is 16.4. The van der Waals surface area contributed by atoms with Crippen molar-refractivity contribution >= 4 is 27.3 Å². The number of thiophene rings is 1. The van der Waals surface area contributed by atoms with Crippen LogP contribution in [0.2, 0.25) is 0 Å². The van der Waals surface area contributed by atoms with Crippen LogP contribution in [0.3, 0.4) is 0 Å². The average Bonchev–Trinajstić information content (AvgIpc) is 3.55. The Labute approximate surface area is 215 Å². The largest absolute Gasteiger partial charge is 0.377 e. The molecule has 1 unspecified atom stereocenters. The second-order valence-corrected chi connectivity index (χ2v) is 12.4. The molecule has 0 N–H and O–H groups in total. The van der Waals surface area contributed by atoms with Crippen molar-refractivity contribution in [1.29, 1.82) is 0 Å². The molecule has 1 aliphatic heterocycles. The molecule has 0 spiro atoms. The molecule has 0 radical (unpaired) electrons. The first-order valence-electron chi connectivity index (χ1n) is 12.9. The highest BCUT2D eigenvalue weighted by Gasteiger charge is 2.30. The van der Waals surface area contributed by atoms with Crippen LogP contribution in [-0.4, -0.2) is 55.1 Å². The first-order valence-corrected chi connectivity index (χ1v) is 15.4. The van der Waals surface area contributed by atoms with E-state index in [-0.39, 0.29) is 30.9 Å². The van der Waals surface area contributed by atoms with Crippen molar-refractivity contribution in [2.45, 2.75) is 77.5 Å². The highest BCUT2D eigenvalue weighted by molar-refractivity contribution is 7.89. The van der Waals surface area contributed by atoms with Gasteiger partial charge in [-0.05, 0) is 36.3 Å². The maximum Gasteiger partial charge on any atom is 0.238 e. The first-order chi connectivity index (χ1) is 17.0. The number of nitrogens with zero attached hydrogens (tertiary/aromatic N) is 2. The third-order valence-corrected chi connectivity index (χ3v) is 9.12. The fraction of sp³-hybridized carbons (Fsp3) is 0.593. The van der Waals surface area contributed by atoms with Gasteiger partial charge in [-0.2, -0.15) is 4.31 Å². The van der Waals surface area contributed by atoms with E-state index < -0.39 is 10.0 Å². The minimum absolute atomic E-state index is 0.0860. The summed E-state index contributed by atoms with van der Waals surface area (Å²) in [6.45, 7) is 3.85. The van der Waals surface area contributed by atoms with Crippen LogP contribution in [0.1, 0.15) is 68.7 Å². The minimum atomic E-state index is -3.56. The lowest BCUT2D eigenvalue weighted by molar-refractivity contribution is -0.132. The number of carbonyl (C=O) groups is 1. The van der Waals surface area contributed by atoms with Crippen molar-refractivity contribution in [3.63, 3.8) is 0 Å². The Hall–Kier alpha value is -1.74. The quantitative estimate of drug-likeness (QED) is 0.276. The molecule has 2 aromatic rings. The van der Waals surface area contributed by atoms with Gasteiger partial charge < -0.3 is 9.64 Å². The number of ether oxygens (including phenoxy) is 1. The molecule has 0 aliphatic carbocycles. The molecular weight excluding hydrogens is 480 g/mol. The smallest absolute Gasteiger partial charge is 0.238 e. The van der Waals surface area contributed by atoms with Gasteiger partial charge in [0.15, 0.2) is 0 Å². The summed E-state index contributed by atoms with van der Waals surface area (Å²) in [5.74, 6) is -0.0882. The van der Waals surface area contributed by atoms with Gasteiger partial charge in [0.2, 0.25) is 15.9 Å². The monoisotopic (exact) mass is 520 g/mol. The number of rotatable bonds is 16. The normalized spacial score (nSPS) is 16.1. The second kappa shape index (κ2) is 14.7. The molecule has 8 heteroatoms. The van der Waals surface area contributed by atoms with Crippen LogP contribution in [0.5, 0.6) is 0 Å². The summed E-state index contributed by atoms with van der Waals surface area (Å²) >= 11 is 1.60. The molecule has 1 aliphatic rings. The van der Waals surface area contributed by atoms with Crippen molar-refractivity contribution in [3.8, 4) is 0 Å². The molecule has 6 nitrogen and oxygen atoms in total. The molecule has 2 heterocycles. The van der Waals surface area contributed by atoms with Crippen molar-refractivity contribution in [2.24, 2.45) is 0 Å². The zero-order valence-electron chi connectivity index (χ0n) is 20.9. The number of unbranched alkanes of at least 4 members (excludes halogenated alkanes) is 5. The van der Waals surface area contributed by atoms with Crippen molar-refractivity contribution in [3.05, 3.63) is 58.3 Å². The van der Waals surface area contributed by atoms with Gasteiger partial charge in [0.25, 0.3) is 0 Å². The van der Waals surface area contributed by atoms with E-state index in [1.165, 1.54) is 17.1 Å². The summed E-state index contributed by atoms with van der Waals surface area (Å²) in [6.07, 6.45) is 7.72. The highest BCUT2D eigenvalue weighted by Crippen LogP contribution is 2.19. The van der Waals surface area contributed by atoms with Crippen LogP contribution in [0, 0.1) is 0 Å². The van der Waals surface area contributed by atoms with Crippen LogP contribution >= 0.6 is 11.3 Å². The topological polar surface area (TPSA) is 66.9 Å². The molecule has 194 valence electrons. The Morgan fingerprint density at radius 1 is 1.03 bits per heavy atom. The molecule has 3 rings (SSSR count). The highest BCUT2D eigenvalue weighted by atomic mass is 32.2. The molecule has 1 fully saturated rings. The second-order valence-electron chi connectivity index (χ2n) is 9.33. The zero-order valence-corrected chi connectivity index (χ0v) is 22.6. The molecule has 1 amide bonds. The van der Waals surface area contributed by atoms with Gasteiger partial charge in [-0.1, -0.05) is 75.4 Å². The minimum Gasteiger partial charge on any atom is -0.377 e. The van der Waals surface area contributed by atoms with Crippen LogP contribution in [0.15, 0.2) is 47.8 Å². The van der Waals surface area contributed by atoms with Crippen LogP contribution in [0.25, 0.3) is 0 Å². The summed E-state index contributed by atoms with van der Waals surface area (Å²) < 4.78 is 33.8. The van der Waals surface area contributed by atoms with Crippen molar-refractivity contribution < 1.29 is 17.9 Å². The Morgan fingerprint density at radius 3 is 2.49 bits per heavy atom. The Morgan fingerprint density at radius 2 is 1.80 bits per heavy atom. The van der Waals surface area contributed by atoms with Gasteiger partial charge in [0.1, 0.15) is 0 Å². The SMILES string of the molecule is CCCCCCCCS(=O)(=O)N(CC(=O)N(Cc1ccccc1)Cc1cccs1)CC1CCCO1. The van der Waals surface area contributed by atoms with E-state index in [2.05, 4.69) is 6.92 Å². The molecule has 1 saturated heterocycles. The van der Waals surface area contributed by atoms with E-state index in [9.17, 15) is 13.2 Å². The number of amides is 1. The fourth-order valence-electron chi connectivity index (χ4n) is 4.36. The fourth-order valence-corrected chi connectivity index (χ4v) is 6.61. The third kappa shape index (κ3) is 9.67. The molecule has 0 saturated carbocycles. The molecule has 0 bridgehead atoms. The number of sulfonamides is 1. The van der Waals surface area contributed by atoms with Gasteiger partial charge in [-0.3, -0.25) is 4.79 Å². The average molecular weight is 521 g/mol. The standard InChI is InChI=1S/C27H40N2O4S2/c1-2-3-4-5-6-10-19-35(31,32)29(21-25-15-11-17-33-25)23-27(30)28(22-26-16-12-18-34-26)20-24-13-8-7-9-14-24/h7-9,12-14,16,18,25H,2-6,10-11,15,17,19-23H2,1H3. The third-order valence-electron chi connectivity index (χ3n) is 6.39. The van der Waals surface area contributed by atoms with Crippen LogP contribution in [0.4, 0.5) is 0 Å². The Bertz CT molecular complexity index is 958. The summed E-state index contributed by atoms with van der Waals surface area (Å²) in [6, 6.07) is 13.8. The Balaban J connectivity index is 1.69. The van der Waals surface area contributed by atoms with Gasteiger partial charge in [0, 0.05) is 24.6 Å². The van der Waals surface area contributed by atoms with Gasteiger partial charge in [0.05, 0.1) is 24.9 Å². The molecule has 1 aromatic carbocycles. The number of hydrogen-bond acceptors (Lipinski definition) is 5. The molecular formula is C27H40N2O4S2. The predicted molar refractivity (Wildman–Crippen MR) is 143 cm³/mol. The van der Waals surface area contributed by atoms with E-state index in [1.54, 1.807) is 16.2 Å². The van der Waals surface area contributed by atoms with Gasteiger partial charge >= 0.3 is 0 Å². The summed E-state index contributed by atoms with van der Waals surface area (Å²) in [5.41, 5.74) is 1.03. The summed E-state index contributed by atoms with van der Waals surface area (Å²) in [7, 11) is -3.56. The zero-order chi connectivity index (χ0) is 24.9. The van der Waals surface area contributed by atoms with Crippen molar-refractivity contribution in [1.82, 2.24) is 9.21 Å². The van der Waals surface area contributed by atoms with E-state index >= 15 is 0 Å². The van der Waals surface area contributed by atoms with Crippen LogP contribution in [-0.2, 0) is 32.6 Å². The lowest BCUT2D eigenvalue weighted by atomic mass is 10.1. The predicted octanol–water partition coefficient (Wildman–Crippen LogP) is 5.45. The summed E-state index contributed by atoms with van der Waals surface area (Å²) in [5, 5.41) is 2.00. The number of hydrogen-bond donors (Lipinski definition) is 0.